The zero-order valence-electron chi connectivity index (χ0n) is 10.7. The van der Waals surface area contributed by atoms with Crippen molar-refractivity contribution in [3.8, 4) is 6.07 Å². The van der Waals surface area contributed by atoms with Crippen LogP contribution in [-0.4, -0.2) is 42.1 Å². The van der Waals surface area contributed by atoms with Crippen LogP contribution in [0, 0.1) is 11.3 Å². The third-order valence-electron chi connectivity index (χ3n) is 2.46. The quantitative estimate of drug-likeness (QED) is 0.617. The number of primary amides is 2. The number of Topliss-reactive ketones (excluding diaryl/α,β-unsaturated/α-hetero) is 1. The van der Waals surface area contributed by atoms with Crippen LogP contribution in [0.15, 0.2) is 24.3 Å². The molecule has 0 unspecified atom stereocenters. The van der Waals surface area contributed by atoms with E-state index >= 15 is 0 Å². The van der Waals surface area contributed by atoms with E-state index in [-0.39, 0.29) is 25.4 Å². The number of rotatable bonds is 7. The highest BCUT2D eigenvalue weighted by atomic mass is 16.2. The van der Waals surface area contributed by atoms with Crippen molar-refractivity contribution >= 4 is 17.6 Å². The van der Waals surface area contributed by atoms with E-state index in [2.05, 4.69) is 0 Å². The van der Waals surface area contributed by atoms with Crippen LogP contribution >= 0.6 is 0 Å². The molecule has 0 atom stereocenters. The normalized spacial score (nSPS) is 10.0. The van der Waals surface area contributed by atoms with Crippen LogP contribution in [0.3, 0.4) is 0 Å². The molecule has 1 aromatic carbocycles. The Balaban J connectivity index is 2.75. The first-order valence-electron chi connectivity index (χ1n) is 5.74. The van der Waals surface area contributed by atoms with Gasteiger partial charge >= 0.3 is 0 Å². The van der Waals surface area contributed by atoms with Gasteiger partial charge in [-0.05, 0) is 12.1 Å². The lowest BCUT2D eigenvalue weighted by molar-refractivity contribution is -0.121. The van der Waals surface area contributed by atoms with E-state index in [0.29, 0.717) is 11.1 Å². The van der Waals surface area contributed by atoms with Gasteiger partial charge in [0.2, 0.25) is 11.8 Å². The monoisotopic (exact) mass is 274 g/mol. The van der Waals surface area contributed by atoms with Crippen LogP contribution in [0.25, 0.3) is 0 Å². The van der Waals surface area contributed by atoms with Crippen LogP contribution in [0.1, 0.15) is 15.9 Å². The molecule has 0 saturated heterocycles. The predicted molar refractivity (Wildman–Crippen MR) is 70.3 cm³/mol. The molecular weight excluding hydrogens is 260 g/mol. The Morgan fingerprint density at radius 3 is 1.90 bits per heavy atom. The maximum atomic E-state index is 12.0. The number of nitriles is 1. The molecule has 4 N–H and O–H groups in total. The lowest BCUT2D eigenvalue weighted by Gasteiger charge is -2.17. The molecule has 0 aliphatic rings. The summed E-state index contributed by atoms with van der Waals surface area (Å²) in [6, 6.07) is 7.98. The van der Waals surface area contributed by atoms with Gasteiger partial charge in [0.05, 0.1) is 31.3 Å². The molecule has 2 amide bonds. The average Bonchev–Trinajstić information content (AvgIpc) is 2.37. The lowest BCUT2D eigenvalue weighted by atomic mass is 10.1. The largest absolute Gasteiger partial charge is 0.369 e. The van der Waals surface area contributed by atoms with Crippen molar-refractivity contribution in [2.75, 3.05) is 19.6 Å². The van der Waals surface area contributed by atoms with Crippen molar-refractivity contribution in [2.45, 2.75) is 0 Å². The molecule has 1 rings (SSSR count). The standard InChI is InChI=1S/C13H14N4O3/c14-5-9-1-3-10(4-2-9)11(18)6-17(7-12(15)19)8-13(16)20/h1-4H,6-8H2,(H2,15,19)(H2,16,20). The molecule has 20 heavy (non-hydrogen) atoms. The molecule has 0 aliphatic heterocycles. The summed E-state index contributed by atoms with van der Waals surface area (Å²) in [5.41, 5.74) is 10.9. The Hall–Kier alpha value is -2.72. The zero-order chi connectivity index (χ0) is 15.1. The summed E-state index contributed by atoms with van der Waals surface area (Å²) in [5, 5.41) is 8.66. The second-order valence-corrected chi connectivity index (χ2v) is 4.19. The minimum Gasteiger partial charge on any atom is -0.369 e. The number of carbonyl (C=O) groups is 3. The van der Waals surface area contributed by atoms with Crippen LogP contribution < -0.4 is 11.5 Å². The minimum atomic E-state index is -0.654. The summed E-state index contributed by atoms with van der Waals surface area (Å²) in [7, 11) is 0. The molecule has 0 spiro atoms. The summed E-state index contributed by atoms with van der Waals surface area (Å²) in [6.07, 6.45) is 0. The third kappa shape index (κ3) is 4.88. The molecule has 0 radical (unpaired) electrons. The molecule has 0 bridgehead atoms. The molecule has 104 valence electrons. The second kappa shape index (κ2) is 7.01. The summed E-state index contributed by atoms with van der Waals surface area (Å²) in [6.45, 7) is -0.617. The number of hydrogen-bond donors (Lipinski definition) is 2. The molecule has 7 heteroatoms. The fourth-order valence-corrected chi connectivity index (χ4v) is 1.63. The van der Waals surface area contributed by atoms with E-state index in [0.717, 1.165) is 0 Å². The van der Waals surface area contributed by atoms with E-state index in [1.807, 2.05) is 6.07 Å². The zero-order valence-corrected chi connectivity index (χ0v) is 10.7. The van der Waals surface area contributed by atoms with Crippen LogP contribution in [-0.2, 0) is 9.59 Å². The van der Waals surface area contributed by atoms with Gasteiger partial charge in [0.25, 0.3) is 0 Å². The Morgan fingerprint density at radius 2 is 1.50 bits per heavy atom. The predicted octanol–water partition coefficient (Wildman–Crippen LogP) is -0.986. The first-order valence-corrected chi connectivity index (χ1v) is 5.74. The molecule has 0 fully saturated rings. The van der Waals surface area contributed by atoms with Crippen LogP contribution in [0.2, 0.25) is 0 Å². The molecular formula is C13H14N4O3. The SMILES string of the molecule is N#Cc1ccc(C(=O)CN(CC(N)=O)CC(N)=O)cc1. The van der Waals surface area contributed by atoms with Gasteiger partial charge in [-0.25, -0.2) is 0 Å². The van der Waals surface area contributed by atoms with Crippen LogP contribution in [0.5, 0.6) is 0 Å². The highest BCUT2D eigenvalue weighted by Crippen LogP contribution is 2.05. The van der Waals surface area contributed by atoms with Gasteiger partial charge in [-0.2, -0.15) is 5.26 Å². The van der Waals surface area contributed by atoms with Crippen molar-refractivity contribution in [2.24, 2.45) is 11.5 Å². The Bertz CT molecular complexity index is 544. The Morgan fingerprint density at radius 1 is 1.00 bits per heavy atom. The van der Waals surface area contributed by atoms with Gasteiger partial charge in [0.15, 0.2) is 5.78 Å². The topological polar surface area (TPSA) is 130 Å². The molecule has 0 aromatic heterocycles. The fraction of sp³-hybridized carbons (Fsp3) is 0.231. The van der Waals surface area contributed by atoms with Crippen molar-refractivity contribution in [1.29, 1.82) is 5.26 Å². The summed E-state index contributed by atoms with van der Waals surface area (Å²) < 4.78 is 0. The summed E-state index contributed by atoms with van der Waals surface area (Å²) in [5.74, 6) is -1.60. The highest BCUT2D eigenvalue weighted by molar-refractivity contribution is 5.98. The Labute approximate surface area is 115 Å². The molecule has 0 heterocycles. The van der Waals surface area contributed by atoms with Gasteiger partial charge in [-0.1, -0.05) is 12.1 Å². The number of hydrogen-bond acceptors (Lipinski definition) is 5. The maximum Gasteiger partial charge on any atom is 0.231 e. The van der Waals surface area contributed by atoms with Crippen molar-refractivity contribution < 1.29 is 14.4 Å². The van der Waals surface area contributed by atoms with E-state index in [4.69, 9.17) is 16.7 Å². The lowest BCUT2D eigenvalue weighted by Crippen LogP contribution is -2.42. The van der Waals surface area contributed by atoms with Gasteiger partial charge in [0, 0.05) is 5.56 Å². The van der Waals surface area contributed by atoms with Crippen molar-refractivity contribution in [1.82, 2.24) is 4.90 Å². The van der Waals surface area contributed by atoms with E-state index in [1.54, 1.807) is 0 Å². The second-order valence-electron chi connectivity index (χ2n) is 4.19. The van der Waals surface area contributed by atoms with Gasteiger partial charge < -0.3 is 11.5 Å². The smallest absolute Gasteiger partial charge is 0.231 e. The molecule has 0 saturated carbocycles. The molecule has 1 aromatic rings. The van der Waals surface area contributed by atoms with Gasteiger partial charge in [0.1, 0.15) is 0 Å². The number of amides is 2. The minimum absolute atomic E-state index is 0.155. The number of nitrogens with two attached hydrogens (primary N) is 2. The average molecular weight is 274 g/mol. The van der Waals surface area contributed by atoms with Crippen molar-refractivity contribution in [3.05, 3.63) is 35.4 Å². The Kier molecular flexibility index (Phi) is 5.38. The summed E-state index contributed by atoms with van der Waals surface area (Å²) >= 11 is 0. The van der Waals surface area contributed by atoms with Crippen LogP contribution in [0.4, 0.5) is 0 Å². The van der Waals surface area contributed by atoms with E-state index in [9.17, 15) is 14.4 Å². The van der Waals surface area contributed by atoms with Gasteiger partial charge in [-0.15, -0.1) is 0 Å². The third-order valence-corrected chi connectivity index (χ3v) is 2.46. The summed E-state index contributed by atoms with van der Waals surface area (Å²) in [4.78, 5) is 35.0. The number of carbonyl (C=O) groups excluding carboxylic acids is 3. The van der Waals surface area contributed by atoms with E-state index in [1.165, 1.54) is 29.2 Å². The molecule has 0 aliphatic carbocycles. The maximum absolute atomic E-state index is 12.0. The number of ketones is 1. The fourth-order valence-electron chi connectivity index (χ4n) is 1.63. The molecule has 7 nitrogen and oxygen atoms in total. The number of benzene rings is 1. The van der Waals surface area contributed by atoms with E-state index < -0.39 is 11.8 Å². The highest BCUT2D eigenvalue weighted by Gasteiger charge is 2.16. The van der Waals surface area contributed by atoms with Crippen molar-refractivity contribution in [3.63, 3.8) is 0 Å². The number of nitrogens with zero attached hydrogens (tertiary/aromatic N) is 2. The van der Waals surface area contributed by atoms with Gasteiger partial charge in [-0.3, -0.25) is 19.3 Å². The first kappa shape index (κ1) is 15.3. The first-order chi connectivity index (χ1) is 9.42.